The predicted octanol–water partition coefficient (Wildman–Crippen LogP) is 2.26. The first-order valence-electron chi connectivity index (χ1n) is 4.77. The van der Waals surface area contributed by atoms with E-state index in [9.17, 15) is 13.6 Å². The van der Waals surface area contributed by atoms with E-state index >= 15 is 0 Å². The van der Waals surface area contributed by atoms with Gasteiger partial charge in [0.2, 0.25) is 5.91 Å². The topological polar surface area (TPSA) is 20.3 Å². The van der Waals surface area contributed by atoms with Gasteiger partial charge in [0.25, 0.3) is 5.92 Å². The van der Waals surface area contributed by atoms with Crippen molar-refractivity contribution in [3.63, 3.8) is 0 Å². The number of nitrogens with zero attached hydrogens (tertiary/aromatic N) is 1. The van der Waals surface area contributed by atoms with Gasteiger partial charge in [-0.25, -0.2) is 8.78 Å². The van der Waals surface area contributed by atoms with Crippen LogP contribution in [0.2, 0.25) is 0 Å². The molecule has 1 aliphatic heterocycles. The van der Waals surface area contributed by atoms with Crippen LogP contribution in [0.1, 0.15) is 26.2 Å². The third-order valence-electron chi connectivity index (χ3n) is 2.43. The molecule has 5 heteroatoms. The summed E-state index contributed by atoms with van der Waals surface area (Å²) < 4.78 is 25.5. The fourth-order valence-electron chi connectivity index (χ4n) is 1.43. The van der Waals surface area contributed by atoms with E-state index < -0.39 is 11.3 Å². The summed E-state index contributed by atoms with van der Waals surface area (Å²) in [6, 6.07) is 0. The van der Waals surface area contributed by atoms with E-state index in [1.165, 1.54) is 4.90 Å². The summed E-state index contributed by atoms with van der Waals surface area (Å²) in [5, 5.41) is -0.568. The first-order valence-corrected chi connectivity index (χ1v) is 5.20. The Morgan fingerprint density at radius 1 is 1.50 bits per heavy atom. The molecule has 0 N–H and O–H groups in total. The molecule has 1 fully saturated rings. The molecule has 0 aliphatic carbocycles. The van der Waals surface area contributed by atoms with Crippen molar-refractivity contribution in [2.24, 2.45) is 0 Å². The Morgan fingerprint density at radius 2 is 2.00 bits per heavy atom. The average molecular weight is 226 g/mol. The monoisotopic (exact) mass is 225 g/mol. The Balaban J connectivity index is 2.46. The van der Waals surface area contributed by atoms with Gasteiger partial charge >= 0.3 is 0 Å². The molecule has 2 nitrogen and oxygen atoms in total. The van der Waals surface area contributed by atoms with Crippen LogP contribution in [-0.4, -0.2) is 35.2 Å². The quantitative estimate of drug-likeness (QED) is 0.661. The van der Waals surface area contributed by atoms with Gasteiger partial charge in [-0.3, -0.25) is 4.79 Å². The molecule has 1 aliphatic rings. The number of carbonyl (C=O) groups is 1. The highest BCUT2D eigenvalue weighted by atomic mass is 35.5. The summed E-state index contributed by atoms with van der Waals surface area (Å²) in [6.07, 6.45) is 0.0470. The van der Waals surface area contributed by atoms with Gasteiger partial charge in [-0.05, 0) is 6.42 Å². The maximum atomic E-state index is 12.8. The van der Waals surface area contributed by atoms with Crippen molar-refractivity contribution in [1.29, 1.82) is 0 Å². The third-order valence-corrected chi connectivity index (χ3v) is 2.93. The van der Waals surface area contributed by atoms with Crippen LogP contribution in [0.25, 0.3) is 0 Å². The third kappa shape index (κ3) is 2.80. The van der Waals surface area contributed by atoms with Crippen LogP contribution < -0.4 is 0 Å². The number of rotatable bonds is 2. The maximum Gasteiger partial charge on any atom is 0.251 e. The number of halogens is 3. The summed E-state index contributed by atoms with van der Waals surface area (Å²) in [5.41, 5.74) is 0. The lowest BCUT2D eigenvalue weighted by Crippen LogP contribution is -2.45. The molecule has 0 aromatic carbocycles. The second kappa shape index (κ2) is 4.43. The molecular weight excluding hydrogens is 212 g/mol. The summed E-state index contributed by atoms with van der Waals surface area (Å²) in [5.74, 6) is -2.82. The number of alkyl halides is 3. The number of amides is 1. The van der Waals surface area contributed by atoms with Gasteiger partial charge in [-0.2, -0.15) is 0 Å². The molecule has 14 heavy (non-hydrogen) atoms. The number of carbonyl (C=O) groups excluding carboxylic acids is 1. The van der Waals surface area contributed by atoms with Crippen molar-refractivity contribution >= 4 is 17.5 Å². The molecule has 0 spiro atoms. The Hall–Kier alpha value is -0.380. The SMILES string of the molecule is CCC(Cl)C(=O)N1CCC(F)(F)CC1. The Labute approximate surface area is 87.2 Å². The van der Waals surface area contributed by atoms with Gasteiger partial charge in [0, 0.05) is 25.9 Å². The van der Waals surface area contributed by atoms with Crippen molar-refractivity contribution in [3.8, 4) is 0 Å². The molecular formula is C9H14ClF2NO. The van der Waals surface area contributed by atoms with Crippen LogP contribution in [0.3, 0.4) is 0 Å². The molecule has 1 heterocycles. The van der Waals surface area contributed by atoms with Gasteiger partial charge < -0.3 is 4.90 Å². The van der Waals surface area contributed by atoms with Gasteiger partial charge in [-0.15, -0.1) is 11.6 Å². The van der Waals surface area contributed by atoms with Crippen LogP contribution in [0.15, 0.2) is 0 Å². The van der Waals surface area contributed by atoms with Crippen LogP contribution in [0, 0.1) is 0 Å². The molecule has 1 unspecified atom stereocenters. The normalized spacial score (nSPS) is 23.3. The lowest BCUT2D eigenvalue weighted by molar-refractivity contribution is -0.136. The first kappa shape index (κ1) is 11.7. The standard InChI is InChI=1S/C9H14ClF2NO/c1-2-7(10)8(14)13-5-3-9(11,12)4-6-13/h7H,2-6H2,1H3. The van der Waals surface area contributed by atoms with E-state index in [4.69, 9.17) is 11.6 Å². The first-order chi connectivity index (χ1) is 6.46. The highest BCUT2D eigenvalue weighted by Crippen LogP contribution is 2.28. The lowest BCUT2D eigenvalue weighted by Gasteiger charge is -2.32. The summed E-state index contributed by atoms with van der Waals surface area (Å²) in [6.45, 7) is 2.04. The molecule has 1 saturated heterocycles. The van der Waals surface area contributed by atoms with Crippen molar-refractivity contribution in [2.45, 2.75) is 37.5 Å². The van der Waals surface area contributed by atoms with E-state index in [0.717, 1.165) is 0 Å². The fraction of sp³-hybridized carbons (Fsp3) is 0.889. The highest BCUT2D eigenvalue weighted by Gasteiger charge is 2.36. The van der Waals surface area contributed by atoms with E-state index in [1.807, 2.05) is 0 Å². The van der Waals surface area contributed by atoms with Gasteiger partial charge in [0.1, 0.15) is 5.38 Å². The smallest absolute Gasteiger partial charge is 0.251 e. The molecule has 1 rings (SSSR count). The lowest BCUT2D eigenvalue weighted by atomic mass is 10.1. The van der Waals surface area contributed by atoms with Crippen molar-refractivity contribution in [2.75, 3.05) is 13.1 Å². The minimum absolute atomic E-state index is 0.120. The molecule has 0 radical (unpaired) electrons. The van der Waals surface area contributed by atoms with Gasteiger partial charge in [0.05, 0.1) is 0 Å². The number of hydrogen-bond donors (Lipinski definition) is 0. The molecule has 0 aromatic heterocycles. The largest absolute Gasteiger partial charge is 0.341 e. The second-order valence-electron chi connectivity index (χ2n) is 3.56. The van der Waals surface area contributed by atoms with Gasteiger partial charge in [-0.1, -0.05) is 6.92 Å². The van der Waals surface area contributed by atoms with Crippen molar-refractivity contribution in [3.05, 3.63) is 0 Å². The molecule has 1 atom stereocenters. The zero-order valence-electron chi connectivity index (χ0n) is 8.10. The molecule has 0 bridgehead atoms. The Bertz CT molecular complexity index is 213. The Kier molecular flexibility index (Phi) is 3.70. The zero-order valence-corrected chi connectivity index (χ0v) is 8.86. The van der Waals surface area contributed by atoms with Gasteiger partial charge in [0.15, 0.2) is 0 Å². The van der Waals surface area contributed by atoms with Crippen molar-refractivity contribution < 1.29 is 13.6 Å². The van der Waals surface area contributed by atoms with Crippen molar-refractivity contribution in [1.82, 2.24) is 4.90 Å². The molecule has 0 saturated carbocycles. The van der Waals surface area contributed by atoms with Crippen LogP contribution >= 0.6 is 11.6 Å². The van der Waals surface area contributed by atoms with Crippen LogP contribution in [0.4, 0.5) is 8.78 Å². The fourth-order valence-corrected chi connectivity index (χ4v) is 1.56. The second-order valence-corrected chi connectivity index (χ2v) is 4.08. The Morgan fingerprint density at radius 3 is 2.43 bits per heavy atom. The number of likely N-dealkylation sites (tertiary alicyclic amines) is 1. The zero-order chi connectivity index (χ0) is 10.8. The summed E-state index contributed by atoms with van der Waals surface area (Å²) in [7, 11) is 0. The van der Waals surface area contributed by atoms with E-state index in [-0.39, 0.29) is 31.8 Å². The number of piperidine rings is 1. The van der Waals surface area contributed by atoms with Crippen LogP contribution in [0.5, 0.6) is 0 Å². The van der Waals surface area contributed by atoms with E-state index in [1.54, 1.807) is 6.92 Å². The predicted molar refractivity (Wildman–Crippen MR) is 50.7 cm³/mol. The highest BCUT2D eigenvalue weighted by molar-refractivity contribution is 6.30. The average Bonchev–Trinajstić information content (AvgIpc) is 2.15. The van der Waals surface area contributed by atoms with Crippen LogP contribution in [-0.2, 0) is 4.79 Å². The molecule has 82 valence electrons. The van der Waals surface area contributed by atoms with E-state index in [0.29, 0.717) is 6.42 Å². The maximum absolute atomic E-state index is 12.8. The van der Waals surface area contributed by atoms with E-state index in [2.05, 4.69) is 0 Å². The summed E-state index contributed by atoms with van der Waals surface area (Å²) >= 11 is 5.74. The summed E-state index contributed by atoms with van der Waals surface area (Å²) in [4.78, 5) is 12.9. The number of hydrogen-bond acceptors (Lipinski definition) is 1. The minimum Gasteiger partial charge on any atom is -0.341 e. The molecule has 0 aromatic rings. The molecule has 1 amide bonds. The minimum atomic E-state index is -2.61.